The molecule has 0 aromatic heterocycles. The second-order valence-electron chi connectivity index (χ2n) is 5.12. The highest BCUT2D eigenvalue weighted by Crippen LogP contribution is 2.23. The van der Waals surface area contributed by atoms with Crippen molar-refractivity contribution in [1.82, 2.24) is 5.43 Å². The summed E-state index contributed by atoms with van der Waals surface area (Å²) in [5.74, 6) is 5.45. The van der Waals surface area contributed by atoms with E-state index in [1.54, 1.807) is 6.07 Å². The van der Waals surface area contributed by atoms with Crippen LogP contribution in [0.4, 0.5) is 4.39 Å². The third-order valence-electron chi connectivity index (χ3n) is 3.60. The lowest BCUT2D eigenvalue weighted by Gasteiger charge is -2.20. The molecule has 3 N–H and O–H groups in total. The molecule has 0 radical (unpaired) electrons. The highest BCUT2D eigenvalue weighted by atomic mass is 79.9. The molecule has 0 saturated carbocycles. The number of nitrogens with one attached hydrogen (secondary N) is 1. The summed E-state index contributed by atoms with van der Waals surface area (Å²) in [5.41, 5.74) is 4.97. The molecule has 0 saturated heterocycles. The summed E-state index contributed by atoms with van der Waals surface area (Å²) < 4.78 is 14.6. The number of hydrogen-bond donors (Lipinski definition) is 2. The number of hydrazine groups is 1. The molecule has 4 heteroatoms. The smallest absolute Gasteiger partial charge is 0.126 e. The molecule has 1 aliphatic rings. The lowest BCUT2D eigenvalue weighted by Crippen LogP contribution is -2.37. The molecule has 0 aliphatic heterocycles. The van der Waals surface area contributed by atoms with Crippen LogP contribution < -0.4 is 11.3 Å². The van der Waals surface area contributed by atoms with Crippen molar-refractivity contribution in [1.29, 1.82) is 0 Å². The molecule has 0 bridgehead atoms. The van der Waals surface area contributed by atoms with Gasteiger partial charge in [-0.25, -0.2) is 4.39 Å². The van der Waals surface area contributed by atoms with Crippen molar-refractivity contribution in [2.24, 2.45) is 5.84 Å². The van der Waals surface area contributed by atoms with Gasteiger partial charge in [-0.05, 0) is 62.3 Å². The van der Waals surface area contributed by atoms with Gasteiger partial charge in [0.2, 0.25) is 0 Å². The summed E-state index contributed by atoms with van der Waals surface area (Å²) in [6.07, 6.45) is 8.68. The van der Waals surface area contributed by atoms with Crippen molar-refractivity contribution >= 4 is 15.9 Å². The Morgan fingerprint density at radius 1 is 1.32 bits per heavy atom. The zero-order valence-corrected chi connectivity index (χ0v) is 12.5. The van der Waals surface area contributed by atoms with Crippen LogP contribution in [0.2, 0.25) is 0 Å². The van der Waals surface area contributed by atoms with Crippen molar-refractivity contribution in [3.8, 4) is 0 Å². The fraction of sp³-hybridized carbons (Fsp3) is 0.467. The van der Waals surface area contributed by atoms with E-state index >= 15 is 0 Å². The van der Waals surface area contributed by atoms with E-state index in [0.29, 0.717) is 12.0 Å². The van der Waals surface area contributed by atoms with Crippen molar-refractivity contribution in [2.45, 2.75) is 44.6 Å². The van der Waals surface area contributed by atoms with Crippen LogP contribution in [0.3, 0.4) is 0 Å². The quantitative estimate of drug-likeness (QED) is 0.490. The van der Waals surface area contributed by atoms with Crippen molar-refractivity contribution in [2.75, 3.05) is 0 Å². The molecule has 1 aromatic carbocycles. The molecule has 1 atom stereocenters. The zero-order valence-electron chi connectivity index (χ0n) is 11.0. The van der Waals surface area contributed by atoms with Crippen LogP contribution in [0.1, 0.15) is 37.7 Å². The second-order valence-corrected chi connectivity index (χ2v) is 6.03. The van der Waals surface area contributed by atoms with E-state index in [-0.39, 0.29) is 11.9 Å². The van der Waals surface area contributed by atoms with Gasteiger partial charge < -0.3 is 0 Å². The van der Waals surface area contributed by atoms with Gasteiger partial charge in [-0.3, -0.25) is 11.3 Å². The van der Waals surface area contributed by atoms with E-state index in [1.165, 1.54) is 24.5 Å². The predicted molar refractivity (Wildman–Crippen MR) is 80.1 cm³/mol. The third-order valence-corrected chi connectivity index (χ3v) is 4.10. The molecular formula is C15H20BrFN2. The van der Waals surface area contributed by atoms with Gasteiger partial charge in [0.25, 0.3) is 0 Å². The maximum atomic E-state index is 13.7. The first kappa shape index (κ1) is 14.7. The maximum absolute atomic E-state index is 13.7. The zero-order chi connectivity index (χ0) is 13.7. The Morgan fingerprint density at radius 2 is 2.16 bits per heavy atom. The van der Waals surface area contributed by atoms with Gasteiger partial charge in [-0.2, -0.15) is 0 Å². The Bertz CT molecular complexity index is 459. The summed E-state index contributed by atoms with van der Waals surface area (Å²) >= 11 is 3.38. The third kappa shape index (κ3) is 4.41. The molecule has 0 fully saturated rings. The van der Waals surface area contributed by atoms with Crippen molar-refractivity contribution in [3.63, 3.8) is 0 Å². The number of hydrogen-bond acceptors (Lipinski definition) is 2. The highest BCUT2D eigenvalue weighted by Gasteiger charge is 2.14. The van der Waals surface area contributed by atoms with Gasteiger partial charge in [0.15, 0.2) is 0 Å². The normalized spacial score (nSPS) is 17.1. The van der Waals surface area contributed by atoms with Crippen LogP contribution in [-0.4, -0.2) is 6.04 Å². The van der Waals surface area contributed by atoms with E-state index in [0.717, 1.165) is 23.7 Å². The summed E-state index contributed by atoms with van der Waals surface area (Å²) in [6.45, 7) is 0. The lowest BCUT2D eigenvalue weighted by molar-refractivity contribution is 0.492. The molecule has 1 unspecified atom stereocenters. The van der Waals surface area contributed by atoms with Crippen LogP contribution >= 0.6 is 15.9 Å². The minimum absolute atomic E-state index is 0.0909. The minimum Gasteiger partial charge on any atom is -0.271 e. The van der Waals surface area contributed by atoms with E-state index in [4.69, 9.17) is 5.84 Å². The van der Waals surface area contributed by atoms with Crippen molar-refractivity contribution in [3.05, 3.63) is 45.7 Å². The molecule has 2 rings (SSSR count). The number of halogens is 2. The van der Waals surface area contributed by atoms with Gasteiger partial charge >= 0.3 is 0 Å². The molecule has 104 valence electrons. The number of allylic oxidation sites excluding steroid dienone is 1. The molecule has 2 nitrogen and oxygen atoms in total. The van der Waals surface area contributed by atoms with E-state index in [1.807, 2.05) is 6.07 Å². The molecule has 19 heavy (non-hydrogen) atoms. The van der Waals surface area contributed by atoms with Crippen molar-refractivity contribution < 1.29 is 4.39 Å². The number of nitrogens with two attached hydrogens (primary N) is 1. The predicted octanol–water partition coefficient (Wildman–Crippen LogP) is 3.85. The highest BCUT2D eigenvalue weighted by molar-refractivity contribution is 9.10. The Morgan fingerprint density at radius 3 is 2.84 bits per heavy atom. The summed E-state index contributed by atoms with van der Waals surface area (Å²) in [5, 5.41) is 0. The van der Waals surface area contributed by atoms with Crippen LogP contribution in [0.25, 0.3) is 0 Å². The van der Waals surface area contributed by atoms with Gasteiger partial charge in [-0.1, -0.05) is 27.6 Å². The summed E-state index contributed by atoms with van der Waals surface area (Å²) in [6, 6.07) is 5.13. The van der Waals surface area contributed by atoms with Crippen LogP contribution in [0, 0.1) is 5.82 Å². The fourth-order valence-corrected chi connectivity index (χ4v) is 2.97. The Labute approximate surface area is 122 Å². The second kappa shape index (κ2) is 7.17. The standard InChI is InChI=1S/C15H20BrFN2/c16-13-6-7-15(17)12(9-13)10-14(19-18)8-11-4-2-1-3-5-11/h4,6-7,9,14,19H,1-3,5,8,10,18H2. The van der Waals surface area contributed by atoms with Gasteiger partial charge in [0, 0.05) is 10.5 Å². The van der Waals surface area contributed by atoms with Gasteiger partial charge in [-0.15, -0.1) is 0 Å². The number of rotatable bonds is 5. The first-order valence-corrected chi connectivity index (χ1v) is 7.56. The van der Waals surface area contributed by atoms with E-state index in [2.05, 4.69) is 27.4 Å². The fourth-order valence-electron chi connectivity index (χ4n) is 2.56. The van der Waals surface area contributed by atoms with Crippen LogP contribution in [0.15, 0.2) is 34.3 Å². The molecule has 0 spiro atoms. The van der Waals surface area contributed by atoms with Gasteiger partial charge in [0.05, 0.1) is 0 Å². The minimum atomic E-state index is -0.166. The van der Waals surface area contributed by atoms with Gasteiger partial charge in [0.1, 0.15) is 5.82 Å². The molecule has 1 aromatic rings. The SMILES string of the molecule is NNC(CC1=CCCCC1)Cc1cc(Br)ccc1F. The average Bonchev–Trinajstić information content (AvgIpc) is 2.43. The van der Waals surface area contributed by atoms with Crippen LogP contribution in [-0.2, 0) is 6.42 Å². The van der Waals surface area contributed by atoms with E-state index < -0.39 is 0 Å². The lowest BCUT2D eigenvalue weighted by atomic mass is 9.92. The van der Waals surface area contributed by atoms with E-state index in [9.17, 15) is 4.39 Å². The topological polar surface area (TPSA) is 38.0 Å². The number of benzene rings is 1. The largest absolute Gasteiger partial charge is 0.271 e. The summed E-state index contributed by atoms with van der Waals surface area (Å²) in [4.78, 5) is 0. The molecule has 0 heterocycles. The first-order chi connectivity index (χ1) is 9.19. The summed E-state index contributed by atoms with van der Waals surface area (Å²) in [7, 11) is 0. The first-order valence-electron chi connectivity index (χ1n) is 6.77. The Balaban J connectivity index is 2.02. The Kier molecular flexibility index (Phi) is 5.55. The molecule has 1 aliphatic carbocycles. The van der Waals surface area contributed by atoms with Crippen LogP contribution in [0.5, 0.6) is 0 Å². The average molecular weight is 327 g/mol. The molecule has 0 amide bonds. The molecular weight excluding hydrogens is 307 g/mol. The monoisotopic (exact) mass is 326 g/mol. The Hall–Kier alpha value is -0.710. The maximum Gasteiger partial charge on any atom is 0.126 e.